The van der Waals surface area contributed by atoms with Crippen LogP contribution in [0.4, 0.5) is 0 Å². The smallest absolute Gasteiger partial charge is 0.305 e. The minimum Gasteiger partial charge on any atom is -0.463 e. The molecule has 1 rings (SSSR count). The third kappa shape index (κ3) is 20.7. The number of unbranched alkanes of at least 4 members (excludes halogenated alkanes) is 11. The van der Waals surface area contributed by atoms with Crippen molar-refractivity contribution in [1.29, 1.82) is 0 Å². The fraction of sp³-hybridized carbons (Fsp3) is 0.906. The molecule has 10 heteroatoms. The zero-order valence-corrected chi connectivity index (χ0v) is 26.1. The van der Waals surface area contributed by atoms with Gasteiger partial charge in [-0.15, -0.1) is 0 Å². The molecule has 0 radical (unpaired) electrons. The van der Waals surface area contributed by atoms with Crippen molar-refractivity contribution in [2.75, 3.05) is 59.5 Å². The van der Waals surface area contributed by atoms with E-state index in [0.29, 0.717) is 12.8 Å². The van der Waals surface area contributed by atoms with E-state index < -0.39 is 24.6 Å². The molecule has 1 aliphatic heterocycles. The summed E-state index contributed by atoms with van der Waals surface area (Å²) < 4.78 is 33.9. The fourth-order valence-corrected chi connectivity index (χ4v) is 4.90. The summed E-state index contributed by atoms with van der Waals surface area (Å²) >= 11 is 0. The summed E-state index contributed by atoms with van der Waals surface area (Å²) in [6.45, 7) is 2.68. The molecule has 0 amide bonds. The second kappa shape index (κ2) is 28.6. The number of aliphatic hydroxyl groups is 3. The Morgan fingerprint density at radius 2 is 1.40 bits per heavy atom. The van der Waals surface area contributed by atoms with Crippen LogP contribution in [0.5, 0.6) is 0 Å². The van der Waals surface area contributed by atoms with Crippen molar-refractivity contribution in [1.82, 2.24) is 0 Å². The zero-order chi connectivity index (χ0) is 30.5. The second-order valence-electron chi connectivity index (χ2n) is 10.8. The third-order valence-corrected chi connectivity index (χ3v) is 7.12. The minimum atomic E-state index is -0.580. The molecule has 0 aromatic heterocycles. The molecule has 0 spiro atoms. The highest BCUT2D eigenvalue weighted by Crippen LogP contribution is 2.28. The predicted octanol–water partition coefficient (Wildman–Crippen LogP) is 4.46. The number of ether oxygens (including phenoxy) is 6. The molecule has 0 unspecified atom stereocenters. The van der Waals surface area contributed by atoms with Crippen LogP contribution in [0.15, 0.2) is 12.2 Å². The number of rotatable bonds is 30. The number of hydrogen-bond donors (Lipinski definition) is 3. The molecule has 4 atom stereocenters. The van der Waals surface area contributed by atoms with Gasteiger partial charge in [0.15, 0.2) is 6.29 Å². The molecule has 0 aromatic carbocycles. The van der Waals surface area contributed by atoms with Gasteiger partial charge in [0.1, 0.15) is 18.8 Å². The van der Waals surface area contributed by atoms with Crippen LogP contribution >= 0.6 is 0 Å². The minimum absolute atomic E-state index is 0.0910. The van der Waals surface area contributed by atoms with Gasteiger partial charge < -0.3 is 43.7 Å². The van der Waals surface area contributed by atoms with Gasteiger partial charge in [0.2, 0.25) is 0 Å². The van der Waals surface area contributed by atoms with Crippen molar-refractivity contribution >= 4 is 5.97 Å². The first-order valence-electron chi connectivity index (χ1n) is 16.4. The maximum Gasteiger partial charge on any atom is 0.305 e. The molecule has 0 bridgehead atoms. The number of carbonyl (C=O) groups is 1. The molecule has 248 valence electrons. The summed E-state index contributed by atoms with van der Waals surface area (Å²) in [5.74, 6) is -0.218. The lowest BCUT2D eigenvalue weighted by Crippen LogP contribution is -2.42. The predicted molar refractivity (Wildman–Crippen MR) is 161 cm³/mol. The summed E-state index contributed by atoms with van der Waals surface area (Å²) in [5, 5.41) is 27.4. The van der Waals surface area contributed by atoms with E-state index in [4.69, 9.17) is 38.6 Å². The van der Waals surface area contributed by atoms with Gasteiger partial charge in [0.05, 0.1) is 59.0 Å². The van der Waals surface area contributed by atoms with E-state index in [1.807, 2.05) is 0 Å². The molecule has 1 saturated heterocycles. The van der Waals surface area contributed by atoms with Crippen molar-refractivity contribution in [2.45, 2.75) is 128 Å². The number of aliphatic hydroxyl groups excluding tert-OH is 3. The van der Waals surface area contributed by atoms with Crippen LogP contribution < -0.4 is 0 Å². The van der Waals surface area contributed by atoms with E-state index in [9.17, 15) is 9.90 Å². The van der Waals surface area contributed by atoms with E-state index in [2.05, 4.69) is 19.1 Å². The van der Waals surface area contributed by atoms with Crippen LogP contribution in [-0.2, 0) is 33.2 Å². The Balaban J connectivity index is 2.13. The lowest BCUT2D eigenvalue weighted by atomic mass is 10.1. The van der Waals surface area contributed by atoms with Crippen molar-refractivity contribution in [3.63, 3.8) is 0 Å². The van der Waals surface area contributed by atoms with Gasteiger partial charge in [0, 0.05) is 12.8 Å². The Morgan fingerprint density at radius 3 is 2.07 bits per heavy atom. The Hall–Kier alpha value is -1.11. The molecule has 10 nitrogen and oxygen atoms in total. The SMILES string of the molecule is CCCCCCCC/C=C/CCCCCCCC(=O)OCCOC[C@H](OCCO)[C@@H]1O[C@@H](OCCO)C[C@H]1OCCO. The summed E-state index contributed by atoms with van der Waals surface area (Å²) in [7, 11) is 0. The maximum atomic E-state index is 12.1. The van der Waals surface area contributed by atoms with Crippen LogP contribution in [-0.4, -0.2) is 105 Å². The summed E-state index contributed by atoms with van der Waals surface area (Å²) in [4.78, 5) is 12.1. The highest BCUT2D eigenvalue weighted by molar-refractivity contribution is 5.69. The largest absolute Gasteiger partial charge is 0.463 e. The highest BCUT2D eigenvalue weighted by Gasteiger charge is 2.42. The van der Waals surface area contributed by atoms with Crippen molar-refractivity contribution < 1.29 is 48.5 Å². The standard InChI is InChI=1S/C32H60O10/c1-2-3-4-5-6-7-8-9-10-11-12-13-14-15-16-17-30(36)40-25-24-37-27-29(39-22-19-34)32-28(38-21-18-33)26-31(42-32)41-23-20-35/h9-10,28-29,31-35H,2-8,11-27H2,1H3/b10-9+/t28-,29+,31-,32-/m1/s1. The fourth-order valence-electron chi connectivity index (χ4n) is 4.90. The first-order valence-corrected chi connectivity index (χ1v) is 16.4. The summed E-state index contributed by atoms with van der Waals surface area (Å²) in [5.41, 5.74) is 0. The number of esters is 1. The first-order chi connectivity index (χ1) is 20.7. The van der Waals surface area contributed by atoms with Crippen LogP contribution in [0.25, 0.3) is 0 Å². The van der Waals surface area contributed by atoms with Crippen molar-refractivity contribution in [3.05, 3.63) is 12.2 Å². The molecule has 0 aromatic rings. The second-order valence-corrected chi connectivity index (χ2v) is 10.8. The summed E-state index contributed by atoms with van der Waals surface area (Å²) in [6, 6.07) is 0. The van der Waals surface area contributed by atoms with Crippen molar-refractivity contribution in [3.8, 4) is 0 Å². The lowest BCUT2D eigenvalue weighted by molar-refractivity contribution is -0.183. The van der Waals surface area contributed by atoms with Gasteiger partial charge in [-0.1, -0.05) is 70.4 Å². The Bertz CT molecular complexity index is 632. The quantitative estimate of drug-likeness (QED) is 0.0613. The first kappa shape index (κ1) is 38.9. The van der Waals surface area contributed by atoms with Gasteiger partial charge in [-0.2, -0.15) is 0 Å². The Labute approximate surface area is 254 Å². The third-order valence-electron chi connectivity index (χ3n) is 7.12. The van der Waals surface area contributed by atoms with E-state index in [1.54, 1.807) is 0 Å². The van der Waals surface area contributed by atoms with Gasteiger partial charge in [-0.25, -0.2) is 0 Å². The molecule has 1 aliphatic rings. The Kier molecular flexibility index (Phi) is 26.5. The van der Waals surface area contributed by atoms with Crippen LogP contribution in [0.1, 0.15) is 103 Å². The van der Waals surface area contributed by atoms with E-state index in [1.165, 1.54) is 57.8 Å². The van der Waals surface area contributed by atoms with Crippen LogP contribution in [0.2, 0.25) is 0 Å². The highest BCUT2D eigenvalue weighted by atomic mass is 16.7. The number of hydrogen-bond acceptors (Lipinski definition) is 10. The van der Waals surface area contributed by atoms with Crippen LogP contribution in [0.3, 0.4) is 0 Å². The van der Waals surface area contributed by atoms with Crippen LogP contribution in [0, 0.1) is 0 Å². The molecular formula is C32H60O10. The maximum absolute atomic E-state index is 12.1. The lowest BCUT2D eigenvalue weighted by Gasteiger charge is -2.27. The monoisotopic (exact) mass is 604 g/mol. The molecule has 0 aliphatic carbocycles. The Morgan fingerprint density at radius 1 is 0.786 bits per heavy atom. The molecule has 3 N–H and O–H groups in total. The number of allylic oxidation sites excluding steroid dienone is 2. The van der Waals surface area contributed by atoms with Gasteiger partial charge in [-0.3, -0.25) is 4.79 Å². The molecular weight excluding hydrogens is 544 g/mol. The van der Waals surface area contributed by atoms with E-state index >= 15 is 0 Å². The van der Waals surface area contributed by atoms with E-state index in [0.717, 1.165) is 25.7 Å². The van der Waals surface area contributed by atoms with Gasteiger partial charge in [0.25, 0.3) is 0 Å². The molecule has 1 fully saturated rings. The average molecular weight is 605 g/mol. The number of carbonyl (C=O) groups excluding carboxylic acids is 1. The van der Waals surface area contributed by atoms with E-state index in [-0.39, 0.29) is 65.4 Å². The van der Waals surface area contributed by atoms with Gasteiger partial charge in [-0.05, 0) is 32.1 Å². The molecule has 0 saturated carbocycles. The molecule has 1 heterocycles. The normalized spacial score (nSPS) is 19.6. The average Bonchev–Trinajstić information content (AvgIpc) is 3.40. The topological polar surface area (TPSA) is 133 Å². The zero-order valence-electron chi connectivity index (χ0n) is 26.1. The summed E-state index contributed by atoms with van der Waals surface area (Å²) in [6.07, 6.45) is 19.2. The van der Waals surface area contributed by atoms with Crippen molar-refractivity contribution in [2.24, 2.45) is 0 Å². The molecule has 42 heavy (non-hydrogen) atoms. The van der Waals surface area contributed by atoms with Gasteiger partial charge >= 0.3 is 5.97 Å².